The summed E-state index contributed by atoms with van der Waals surface area (Å²) in [7, 11) is 0. The molecule has 5 nitrogen and oxygen atoms in total. The molecular formula is C13H19N3O2. The molecule has 18 heavy (non-hydrogen) atoms. The molecule has 1 aromatic rings. The smallest absolute Gasteiger partial charge is 0.354 e. The third-order valence-electron chi connectivity index (χ3n) is 3.62. The zero-order valence-corrected chi connectivity index (χ0v) is 10.5. The van der Waals surface area contributed by atoms with Crippen molar-refractivity contribution in [2.75, 3.05) is 11.1 Å². The van der Waals surface area contributed by atoms with Crippen LogP contribution in [0.2, 0.25) is 0 Å². The number of carboxylic acid groups (broad SMARTS) is 1. The van der Waals surface area contributed by atoms with Crippen molar-refractivity contribution in [2.24, 2.45) is 5.92 Å². The highest BCUT2D eigenvalue weighted by molar-refractivity contribution is 5.86. The second-order valence-corrected chi connectivity index (χ2v) is 4.92. The van der Waals surface area contributed by atoms with Crippen molar-refractivity contribution >= 4 is 17.5 Å². The number of nitrogens with two attached hydrogens (primary N) is 1. The van der Waals surface area contributed by atoms with Gasteiger partial charge in [-0.2, -0.15) is 0 Å². The van der Waals surface area contributed by atoms with Gasteiger partial charge in [0.1, 0.15) is 5.82 Å². The fourth-order valence-corrected chi connectivity index (χ4v) is 2.50. The van der Waals surface area contributed by atoms with Crippen LogP contribution in [-0.2, 0) is 0 Å². The number of anilines is 2. The molecule has 0 bridgehead atoms. The largest absolute Gasteiger partial charge is 0.477 e. The summed E-state index contributed by atoms with van der Waals surface area (Å²) in [6, 6.07) is 3.27. The van der Waals surface area contributed by atoms with Crippen LogP contribution >= 0.6 is 0 Å². The summed E-state index contributed by atoms with van der Waals surface area (Å²) in [5.41, 5.74) is 6.33. The predicted octanol–water partition coefficient (Wildman–Crippen LogP) is 2.35. The van der Waals surface area contributed by atoms with Gasteiger partial charge in [0.2, 0.25) is 0 Å². The maximum Gasteiger partial charge on any atom is 0.354 e. The predicted molar refractivity (Wildman–Crippen MR) is 70.7 cm³/mol. The van der Waals surface area contributed by atoms with E-state index in [-0.39, 0.29) is 11.7 Å². The van der Waals surface area contributed by atoms with Gasteiger partial charge in [0.05, 0.1) is 5.69 Å². The topological polar surface area (TPSA) is 88.2 Å². The van der Waals surface area contributed by atoms with Gasteiger partial charge in [0, 0.05) is 6.04 Å². The van der Waals surface area contributed by atoms with E-state index in [1.54, 1.807) is 6.07 Å². The average Bonchev–Trinajstić information content (AvgIpc) is 2.85. The number of rotatable bonds is 4. The molecule has 98 valence electrons. The lowest BCUT2D eigenvalue weighted by atomic mass is 10.00. The summed E-state index contributed by atoms with van der Waals surface area (Å²) in [4.78, 5) is 14.9. The monoisotopic (exact) mass is 249 g/mol. The van der Waals surface area contributed by atoms with E-state index in [9.17, 15) is 4.79 Å². The van der Waals surface area contributed by atoms with Crippen LogP contribution in [-0.4, -0.2) is 22.1 Å². The van der Waals surface area contributed by atoms with Crippen molar-refractivity contribution in [1.29, 1.82) is 0 Å². The first kappa shape index (κ1) is 12.7. The molecule has 0 saturated heterocycles. The number of nitrogens with zero attached hydrogens (tertiary/aromatic N) is 1. The molecule has 5 heteroatoms. The van der Waals surface area contributed by atoms with E-state index in [2.05, 4.69) is 17.2 Å². The first-order valence-corrected chi connectivity index (χ1v) is 6.34. The summed E-state index contributed by atoms with van der Waals surface area (Å²) < 4.78 is 0. The summed E-state index contributed by atoms with van der Waals surface area (Å²) in [6.45, 7) is 2.10. The van der Waals surface area contributed by atoms with Crippen LogP contribution in [0.25, 0.3) is 0 Å². The molecule has 1 fully saturated rings. The zero-order valence-electron chi connectivity index (χ0n) is 10.5. The highest BCUT2D eigenvalue weighted by Gasteiger charge is 2.22. The number of carboxylic acids is 1. The average molecular weight is 249 g/mol. The standard InChI is InChI=1S/C13H19N3O2/c1-8(9-4-2-3-5-9)15-12-10(14)6-7-11(16-12)13(17)18/h6-9H,2-5,14H2,1H3,(H,15,16)(H,17,18). The van der Waals surface area contributed by atoms with Crippen LogP contribution in [0, 0.1) is 5.92 Å². The lowest BCUT2D eigenvalue weighted by Crippen LogP contribution is -2.25. The Labute approximate surface area is 106 Å². The van der Waals surface area contributed by atoms with Crippen LogP contribution in [0.3, 0.4) is 0 Å². The molecule has 1 aliphatic carbocycles. The fourth-order valence-electron chi connectivity index (χ4n) is 2.50. The Kier molecular flexibility index (Phi) is 3.69. The summed E-state index contributed by atoms with van der Waals surface area (Å²) >= 11 is 0. The van der Waals surface area contributed by atoms with Gasteiger partial charge in [-0.05, 0) is 37.8 Å². The summed E-state index contributed by atoms with van der Waals surface area (Å²) in [5.74, 6) is 0.0700. The molecular weight excluding hydrogens is 230 g/mol. The number of aromatic carboxylic acids is 1. The van der Waals surface area contributed by atoms with Crippen LogP contribution in [0.1, 0.15) is 43.1 Å². The van der Waals surface area contributed by atoms with E-state index in [0.717, 1.165) is 0 Å². The van der Waals surface area contributed by atoms with Crippen molar-refractivity contribution in [2.45, 2.75) is 38.6 Å². The van der Waals surface area contributed by atoms with Gasteiger partial charge in [-0.1, -0.05) is 12.8 Å². The van der Waals surface area contributed by atoms with Crippen LogP contribution in [0.4, 0.5) is 11.5 Å². The first-order chi connectivity index (χ1) is 8.58. The molecule has 0 amide bonds. The molecule has 0 aliphatic heterocycles. The third-order valence-corrected chi connectivity index (χ3v) is 3.62. The SMILES string of the molecule is CC(Nc1nc(C(=O)O)ccc1N)C1CCCC1. The van der Waals surface area contributed by atoms with Crippen molar-refractivity contribution < 1.29 is 9.90 Å². The number of pyridine rings is 1. The van der Waals surface area contributed by atoms with E-state index in [4.69, 9.17) is 10.8 Å². The molecule has 1 unspecified atom stereocenters. The minimum atomic E-state index is -1.04. The van der Waals surface area contributed by atoms with Crippen molar-refractivity contribution in [3.05, 3.63) is 17.8 Å². The Hall–Kier alpha value is -1.78. The molecule has 0 spiro atoms. The zero-order chi connectivity index (χ0) is 13.1. The number of hydrogen-bond acceptors (Lipinski definition) is 4. The molecule has 2 rings (SSSR count). The van der Waals surface area contributed by atoms with E-state index >= 15 is 0 Å². The number of nitrogen functional groups attached to an aromatic ring is 1. The second-order valence-electron chi connectivity index (χ2n) is 4.92. The highest BCUT2D eigenvalue weighted by atomic mass is 16.4. The van der Waals surface area contributed by atoms with Crippen LogP contribution in [0.15, 0.2) is 12.1 Å². The lowest BCUT2D eigenvalue weighted by molar-refractivity contribution is 0.0690. The normalized spacial score (nSPS) is 17.6. The minimum absolute atomic E-state index is 0.0188. The van der Waals surface area contributed by atoms with Gasteiger partial charge in [-0.15, -0.1) is 0 Å². The maximum atomic E-state index is 10.9. The highest BCUT2D eigenvalue weighted by Crippen LogP contribution is 2.29. The van der Waals surface area contributed by atoms with Crippen LogP contribution < -0.4 is 11.1 Å². The van der Waals surface area contributed by atoms with Crippen LogP contribution in [0.5, 0.6) is 0 Å². The van der Waals surface area contributed by atoms with E-state index < -0.39 is 5.97 Å². The molecule has 1 atom stereocenters. The molecule has 0 aromatic carbocycles. The Morgan fingerprint density at radius 1 is 1.50 bits per heavy atom. The fraction of sp³-hybridized carbons (Fsp3) is 0.538. The Bertz CT molecular complexity index is 442. The van der Waals surface area contributed by atoms with Crippen molar-refractivity contribution in [1.82, 2.24) is 4.98 Å². The summed E-state index contributed by atoms with van der Waals surface area (Å²) in [6.07, 6.45) is 4.98. The molecule has 4 N–H and O–H groups in total. The lowest BCUT2D eigenvalue weighted by Gasteiger charge is -2.21. The van der Waals surface area contributed by atoms with Crippen molar-refractivity contribution in [3.63, 3.8) is 0 Å². The number of nitrogens with one attached hydrogen (secondary N) is 1. The molecule has 1 heterocycles. The Balaban J connectivity index is 2.12. The van der Waals surface area contributed by atoms with Gasteiger partial charge >= 0.3 is 5.97 Å². The van der Waals surface area contributed by atoms with Gasteiger partial charge in [0.25, 0.3) is 0 Å². The number of carbonyl (C=O) groups is 1. The van der Waals surface area contributed by atoms with Gasteiger partial charge < -0.3 is 16.2 Å². The molecule has 0 radical (unpaired) electrons. The maximum absolute atomic E-state index is 10.9. The van der Waals surface area contributed by atoms with E-state index in [1.807, 2.05) is 0 Å². The molecule has 1 aromatic heterocycles. The van der Waals surface area contributed by atoms with Gasteiger partial charge in [-0.25, -0.2) is 9.78 Å². The second kappa shape index (κ2) is 5.25. The Morgan fingerprint density at radius 2 is 2.17 bits per heavy atom. The Morgan fingerprint density at radius 3 is 2.78 bits per heavy atom. The van der Waals surface area contributed by atoms with Crippen molar-refractivity contribution in [3.8, 4) is 0 Å². The quantitative estimate of drug-likeness (QED) is 0.762. The van der Waals surface area contributed by atoms with Gasteiger partial charge in [0.15, 0.2) is 5.69 Å². The number of hydrogen-bond donors (Lipinski definition) is 3. The van der Waals surface area contributed by atoms with Gasteiger partial charge in [-0.3, -0.25) is 0 Å². The van der Waals surface area contributed by atoms with E-state index in [1.165, 1.54) is 31.7 Å². The molecule has 1 aliphatic rings. The third kappa shape index (κ3) is 2.72. The molecule has 1 saturated carbocycles. The first-order valence-electron chi connectivity index (χ1n) is 6.34. The summed E-state index contributed by atoms with van der Waals surface area (Å²) in [5, 5.41) is 12.2. The number of aromatic nitrogens is 1. The minimum Gasteiger partial charge on any atom is -0.477 e. The van der Waals surface area contributed by atoms with E-state index in [0.29, 0.717) is 17.4 Å².